The van der Waals surface area contributed by atoms with Gasteiger partial charge in [-0.2, -0.15) is 4.52 Å². The van der Waals surface area contributed by atoms with Crippen molar-refractivity contribution in [2.24, 2.45) is 0 Å². The van der Waals surface area contributed by atoms with Crippen molar-refractivity contribution >= 4 is 28.8 Å². The molecular formula is C15H14ClN5O2. The summed E-state index contributed by atoms with van der Waals surface area (Å²) in [6, 6.07) is 10.4. The Morgan fingerprint density at radius 1 is 1.22 bits per heavy atom. The number of carbonyl (C=O) groups excluding carboxylic acids is 1. The summed E-state index contributed by atoms with van der Waals surface area (Å²) in [5.41, 5.74) is 1.31. The molecule has 0 atom stereocenters. The Morgan fingerprint density at radius 3 is 2.74 bits per heavy atom. The number of halogens is 1. The summed E-state index contributed by atoms with van der Waals surface area (Å²) in [5, 5.41) is 15.7. The molecule has 0 bridgehead atoms. The third-order valence-corrected chi connectivity index (χ3v) is 3.47. The number of hydrogen-bond acceptors (Lipinski definition) is 5. The van der Waals surface area contributed by atoms with Crippen LogP contribution in [-0.4, -0.2) is 32.8 Å². The molecule has 2 heterocycles. The number of aryl methyl sites for hydroxylation is 1. The van der Waals surface area contributed by atoms with Crippen LogP contribution in [-0.2, 0) is 11.2 Å². The Hall–Kier alpha value is -2.67. The van der Waals surface area contributed by atoms with Gasteiger partial charge in [-0.3, -0.25) is 4.79 Å². The van der Waals surface area contributed by atoms with Gasteiger partial charge in [0.05, 0.1) is 7.11 Å². The maximum atomic E-state index is 12.0. The van der Waals surface area contributed by atoms with Gasteiger partial charge in [0, 0.05) is 29.6 Å². The summed E-state index contributed by atoms with van der Waals surface area (Å²) >= 11 is 5.81. The van der Waals surface area contributed by atoms with Crippen LogP contribution in [0.4, 0.5) is 5.69 Å². The number of rotatable bonds is 5. The fourth-order valence-electron chi connectivity index (χ4n) is 2.06. The van der Waals surface area contributed by atoms with E-state index in [-0.39, 0.29) is 12.3 Å². The van der Waals surface area contributed by atoms with Crippen molar-refractivity contribution in [2.45, 2.75) is 12.8 Å². The van der Waals surface area contributed by atoms with E-state index in [1.54, 1.807) is 40.9 Å². The van der Waals surface area contributed by atoms with Gasteiger partial charge in [0.2, 0.25) is 11.8 Å². The number of nitrogens with zero attached hydrogens (tertiary/aromatic N) is 4. The van der Waals surface area contributed by atoms with E-state index in [0.29, 0.717) is 34.5 Å². The molecule has 0 saturated carbocycles. The van der Waals surface area contributed by atoms with Crippen LogP contribution in [0.2, 0.25) is 5.02 Å². The fourth-order valence-corrected chi connectivity index (χ4v) is 2.19. The Balaban J connectivity index is 1.65. The first-order valence-corrected chi connectivity index (χ1v) is 7.34. The van der Waals surface area contributed by atoms with E-state index in [4.69, 9.17) is 16.3 Å². The second kappa shape index (κ2) is 6.62. The summed E-state index contributed by atoms with van der Waals surface area (Å²) in [7, 11) is 1.54. The quantitative estimate of drug-likeness (QED) is 0.776. The summed E-state index contributed by atoms with van der Waals surface area (Å²) < 4.78 is 6.66. The predicted molar refractivity (Wildman–Crippen MR) is 85.7 cm³/mol. The van der Waals surface area contributed by atoms with Crippen molar-refractivity contribution in [3.05, 3.63) is 47.2 Å². The lowest BCUT2D eigenvalue weighted by Gasteiger charge is -2.05. The Labute approximate surface area is 137 Å². The molecule has 118 valence electrons. The zero-order valence-corrected chi connectivity index (χ0v) is 13.1. The first-order chi connectivity index (χ1) is 11.2. The molecule has 0 aliphatic rings. The third-order valence-electron chi connectivity index (χ3n) is 3.22. The van der Waals surface area contributed by atoms with Crippen molar-refractivity contribution in [1.82, 2.24) is 19.8 Å². The van der Waals surface area contributed by atoms with Gasteiger partial charge in [0.1, 0.15) is 0 Å². The Kier molecular flexibility index (Phi) is 4.38. The van der Waals surface area contributed by atoms with Gasteiger partial charge in [0.25, 0.3) is 0 Å². The van der Waals surface area contributed by atoms with Gasteiger partial charge >= 0.3 is 0 Å². The fraction of sp³-hybridized carbons (Fsp3) is 0.200. The molecule has 23 heavy (non-hydrogen) atoms. The molecule has 0 aliphatic carbocycles. The molecule has 0 fully saturated rings. The van der Waals surface area contributed by atoms with E-state index in [1.165, 1.54) is 7.11 Å². The molecule has 0 unspecified atom stereocenters. The average Bonchev–Trinajstić information content (AvgIpc) is 2.97. The number of methoxy groups -OCH3 is 1. The standard InChI is InChI=1S/C15H14ClN5O2/c1-23-15-9-7-13-19-18-12(21(13)20-15)6-8-14(22)17-11-4-2-10(16)3-5-11/h2-5,7,9H,6,8H2,1H3,(H,17,22). The van der Waals surface area contributed by atoms with E-state index >= 15 is 0 Å². The van der Waals surface area contributed by atoms with Crippen LogP contribution in [0.15, 0.2) is 36.4 Å². The molecule has 1 N–H and O–H groups in total. The van der Waals surface area contributed by atoms with Gasteiger partial charge in [-0.05, 0) is 30.3 Å². The SMILES string of the molecule is COc1ccc2nnc(CCC(=O)Nc3ccc(Cl)cc3)n2n1. The first-order valence-electron chi connectivity index (χ1n) is 6.96. The number of nitrogens with one attached hydrogen (secondary N) is 1. The highest BCUT2D eigenvalue weighted by Crippen LogP contribution is 2.14. The van der Waals surface area contributed by atoms with Crippen LogP contribution in [0.3, 0.4) is 0 Å². The Bertz CT molecular complexity index is 832. The van der Waals surface area contributed by atoms with Crippen molar-refractivity contribution in [1.29, 1.82) is 0 Å². The van der Waals surface area contributed by atoms with E-state index in [0.717, 1.165) is 0 Å². The molecular weight excluding hydrogens is 318 g/mol. The van der Waals surface area contributed by atoms with Gasteiger partial charge in [0.15, 0.2) is 11.5 Å². The molecule has 0 aliphatic heterocycles. The second-order valence-corrected chi connectivity index (χ2v) is 5.25. The van der Waals surface area contributed by atoms with Crippen LogP contribution >= 0.6 is 11.6 Å². The van der Waals surface area contributed by atoms with Crippen LogP contribution in [0.1, 0.15) is 12.2 Å². The molecule has 0 radical (unpaired) electrons. The highest BCUT2D eigenvalue weighted by atomic mass is 35.5. The Morgan fingerprint density at radius 2 is 2.00 bits per heavy atom. The normalized spacial score (nSPS) is 10.7. The lowest BCUT2D eigenvalue weighted by Crippen LogP contribution is -2.13. The summed E-state index contributed by atoms with van der Waals surface area (Å²) in [5.74, 6) is 0.946. The minimum atomic E-state index is -0.119. The highest BCUT2D eigenvalue weighted by Gasteiger charge is 2.10. The minimum Gasteiger partial charge on any atom is -0.480 e. The molecule has 2 aromatic heterocycles. The third kappa shape index (κ3) is 3.57. The van der Waals surface area contributed by atoms with Crippen LogP contribution in [0.5, 0.6) is 5.88 Å². The molecule has 3 aromatic rings. The molecule has 1 aromatic carbocycles. The number of aromatic nitrogens is 4. The molecule has 0 saturated heterocycles. The number of amides is 1. The highest BCUT2D eigenvalue weighted by molar-refractivity contribution is 6.30. The topological polar surface area (TPSA) is 81.4 Å². The first kappa shape index (κ1) is 15.2. The number of carbonyl (C=O) groups is 1. The summed E-state index contributed by atoms with van der Waals surface area (Å²) in [6.07, 6.45) is 0.684. The van der Waals surface area contributed by atoms with Crippen molar-refractivity contribution in [3.63, 3.8) is 0 Å². The number of fused-ring (bicyclic) bond motifs is 1. The average molecular weight is 332 g/mol. The van der Waals surface area contributed by atoms with Gasteiger partial charge < -0.3 is 10.1 Å². The van der Waals surface area contributed by atoms with E-state index in [2.05, 4.69) is 20.6 Å². The second-order valence-electron chi connectivity index (χ2n) is 4.82. The van der Waals surface area contributed by atoms with Crippen LogP contribution in [0, 0.1) is 0 Å². The molecule has 3 rings (SSSR count). The lowest BCUT2D eigenvalue weighted by atomic mass is 10.2. The predicted octanol–water partition coefficient (Wildman–Crippen LogP) is 2.36. The van der Waals surface area contributed by atoms with E-state index < -0.39 is 0 Å². The van der Waals surface area contributed by atoms with Crippen molar-refractivity contribution in [3.8, 4) is 5.88 Å². The van der Waals surface area contributed by atoms with Crippen LogP contribution in [0.25, 0.3) is 5.65 Å². The number of ether oxygens (including phenoxy) is 1. The maximum absolute atomic E-state index is 12.0. The van der Waals surface area contributed by atoms with Crippen molar-refractivity contribution in [2.75, 3.05) is 12.4 Å². The summed E-state index contributed by atoms with van der Waals surface area (Å²) in [6.45, 7) is 0. The maximum Gasteiger partial charge on any atom is 0.231 e. The number of anilines is 1. The van der Waals surface area contributed by atoms with E-state index in [1.807, 2.05) is 0 Å². The largest absolute Gasteiger partial charge is 0.480 e. The van der Waals surface area contributed by atoms with Crippen LogP contribution < -0.4 is 10.1 Å². The number of hydrogen-bond donors (Lipinski definition) is 1. The van der Waals surface area contributed by atoms with E-state index in [9.17, 15) is 4.79 Å². The molecule has 7 nitrogen and oxygen atoms in total. The lowest BCUT2D eigenvalue weighted by molar-refractivity contribution is -0.116. The number of benzene rings is 1. The summed E-state index contributed by atoms with van der Waals surface area (Å²) in [4.78, 5) is 12.0. The monoisotopic (exact) mass is 331 g/mol. The van der Waals surface area contributed by atoms with Gasteiger partial charge in [-0.1, -0.05) is 11.6 Å². The minimum absolute atomic E-state index is 0.119. The van der Waals surface area contributed by atoms with Crippen molar-refractivity contribution < 1.29 is 9.53 Å². The molecule has 0 spiro atoms. The smallest absolute Gasteiger partial charge is 0.231 e. The van der Waals surface area contributed by atoms with Gasteiger partial charge in [-0.15, -0.1) is 15.3 Å². The zero-order chi connectivity index (χ0) is 16.2. The molecule has 1 amide bonds. The molecule has 8 heteroatoms. The van der Waals surface area contributed by atoms with Gasteiger partial charge in [-0.25, -0.2) is 0 Å². The zero-order valence-electron chi connectivity index (χ0n) is 12.4.